The number of hydrogen-bond acceptors (Lipinski definition) is 3. The van der Waals surface area contributed by atoms with E-state index >= 15 is 0 Å². The summed E-state index contributed by atoms with van der Waals surface area (Å²) in [6.45, 7) is 0.491. The molecule has 86 valence electrons. The molecule has 0 unspecified atom stereocenters. The largest absolute Gasteiger partial charge is 0.354 e. The van der Waals surface area contributed by atoms with Crippen LogP contribution in [0, 0.1) is 0 Å². The number of rotatable bonds is 5. The molecule has 0 saturated heterocycles. The van der Waals surface area contributed by atoms with Crippen molar-refractivity contribution in [1.82, 2.24) is 10.6 Å². The molecule has 2 amide bonds. The van der Waals surface area contributed by atoms with Crippen molar-refractivity contribution in [2.24, 2.45) is 0 Å². The van der Waals surface area contributed by atoms with E-state index in [0.29, 0.717) is 17.9 Å². The minimum atomic E-state index is -0.248. The van der Waals surface area contributed by atoms with Crippen LogP contribution in [0.25, 0.3) is 0 Å². The molecule has 1 rings (SSSR count). The lowest BCUT2D eigenvalue weighted by molar-refractivity contribution is -0.120. The van der Waals surface area contributed by atoms with E-state index in [0.717, 1.165) is 0 Å². The topological polar surface area (TPSA) is 58.2 Å². The van der Waals surface area contributed by atoms with Gasteiger partial charge in [-0.2, -0.15) is 12.6 Å². The Balaban J connectivity index is 2.33. The second kappa shape index (κ2) is 6.90. The molecule has 0 atom stereocenters. The van der Waals surface area contributed by atoms with Gasteiger partial charge in [0.2, 0.25) is 5.91 Å². The number of hydrogen-bond donors (Lipinski definition) is 3. The van der Waals surface area contributed by atoms with Crippen molar-refractivity contribution in [2.75, 3.05) is 18.8 Å². The van der Waals surface area contributed by atoms with Crippen LogP contribution in [0.1, 0.15) is 10.4 Å². The monoisotopic (exact) mass is 238 g/mol. The summed E-state index contributed by atoms with van der Waals surface area (Å²) in [5.41, 5.74) is 0.546. The van der Waals surface area contributed by atoms with Crippen LogP contribution in [0.5, 0.6) is 0 Å². The molecule has 4 nitrogen and oxygen atoms in total. The molecule has 2 N–H and O–H groups in total. The van der Waals surface area contributed by atoms with E-state index in [1.165, 1.54) is 0 Å². The van der Waals surface area contributed by atoms with E-state index in [1.807, 2.05) is 6.07 Å². The lowest BCUT2D eigenvalue weighted by atomic mass is 10.2. The summed E-state index contributed by atoms with van der Waals surface area (Å²) < 4.78 is 0. The van der Waals surface area contributed by atoms with Crippen LogP contribution in [-0.2, 0) is 4.79 Å². The standard InChI is InChI=1S/C11H14N2O2S/c14-10(12-6-7-16)8-13-11(15)9-4-2-1-3-5-9/h1-5,16H,6-8H2,(H,12,14)(H,13,15). The van der Waals surface area contributed by atoms with Crippen molar-refractivity contribution in [3.05, 3.63) is 35.9 Å². The Morgan fingerprint density at radius 1 is 1.12 bits per heavy atom. The second-order valence-corrected chi connectivity index (χ2v) is 3.57. The van der Waals surface area contributed by atoms with Gasteiger partial charge in [-0.1, -0.05) is 18.2 Å². The maximum absolute atomic E-state index is 11.5. The number of carbonyl (C=O) groups is 2. The zero-order valence-corrected chi connectivity index (χ0v) is 9.67. The molecule has 0 spiro atoms. The Bertz CT molecular complexity index is 354. The first-order chi connectivity index (χ1) is 7.74. The van der Waals surface area contributed by atoms with E-state index in [4.69, 9.17) is 0 Å². The highest BCUT2D eigenvalue weighted by molar-refractivity contribution is 7.80. The average Bonchev–Trinajstić information content (AvgIpc) is 2.34. The van der Waals surface area contributed by atoms with Gasteiger partial charge in [-0.3, -0.25) is 9.59 Å². The molecule has 0 radical (unpaired) electrons. The molecule has 0 aromatic heterocycles. The highest BCUT2D eigenvalue weighted by Crippen LogP contribution is 1.96. The first kappa shape index (κ1) is 12.6. The van der Waals surface area contributed by atoms with Gasteiger partial charge < -0.3 is 10.6 Å². The summed E-state index contributed by atoms with van der Waals surface area (Å²) in [6, 6.07) is 8.77. The third kappa shape index (κ3) is 4.35. The molecule has 0 saturated carbocycles. The Labute approximate surface area is 99.8 Å². The van der Waals surface area contributed by atoms with Crippen LogP contribution >= 0.6 is 12.6 Å². The van der Waals surface area contributed by atoms with Crippen LogP contribution in [0.2, 0.25) is 0 Å². The molecule has 0 bridgehead atoms. The van der Waals surface area contributed by atoms with E-state index in [-0.39, 0.29) is 18.4 Å². The quantitative estimate of drug-likeness (QED) is 0.653. The van der Waals surface area contributed by atoms with Crippen molar-refractivity contribution in [3.8, 4) is 0 Å². The van der Waals surface area contributed by atoms with Gasteiger partial charge in [0.25, 0.3) is 5.91 Å². The summed E-state index contributed by atoms with van der Waals surface area (Å²) in [5.74, 6) is 0.123. The first-order valence-corrected chi connectivity index (χ1v) is 5.58. The summed E-state index contributed by atoms with van der Waals surface area (Å²) >= 11 is 3.96. The van der Waals surface area contributed by atoms with Gasteiger partial charge in [-0.25, -0.2) is 0 Å². The van der Waals surface area contributed by atoms with Gasteiger partial charge >= 0.3 is 0 Å². The Morgan fingerprint density at radius 2 is 1.81 bits per heavy atom. The summed E-state index contributed by atoms with van der Waals surface area (Å²) in [4.78, 5) is 22.7. The van der Waals surface area contributed by atoms with Gasteiger partial charge in [0.05, 0.1) is 6.54 Å². The minimum Gasteiger partial charge on any atom is -0.354 e. The maximum Gasteiger partial charge on any atom is 0.251 e. The maximum atomic E-state index is 11.5. The van der Waals surface area contributed by atoms with Crippen molar-refractivity contribution in [2.45, 2.75) is 0 Å². The number of thiol groups is 1. The van der Waals surface area contributed by atoms with Gasteiger partial charge in [0.15, 0.2) is 0 Å². The van der Waals surface area contributed by atoms with Crippen molar-refractivity contribution < 1.29 is 9.59 Å². The minimum absolute atomic E-state index is 0.0124. The SMILES string of the molecule is O=C(CNC(=O)c1ccccc1)NCCS. The Kier molecular flexibility index (Phi) is 5.42. The second-order valence-electron chi connectivity index (χ2n) is 3.12. The normalized spacial score (nSPS) is 9.56. The zero-order chi connectivity index (χ0) is 11.8. The van der Waals surface area contributed by atoms with E-state index < -0.39 is 0 Å². The number of benzene rings is 1. The molecule has 0 aliphatic heterocycles. The number of amides is 2. The molecule has 0 aliphatic carbocycles. The van der Waals surface area contributed by atoms with Gasteiger partial charge in [0.1, 0.15) is 0 Å². The molecule has 1 aromatic rings. The van der Waals surface area contributed by atoms with Crippen LogP contribution in [-0.4, -0.2) is 30.7 Å². The fourth-order valence-corrected chi connectivity index (χ4v) is 1.22. The lowest BCUT2D eigenvalue weighted by Gasteiger charge is -2.05. The first-order valence-electron chi connectivity index (χ1n) is 4.95. The molecular weight excluding hydrogens is 224 g/mol. The van der Waals surface area contributed by atoms with Crippen molar-refractivity contribution >= 4 is 24.4 Å². The van der Waals surface area contributed by atoms with Crippen LogP contribution in [0.15, 0.2) is 30.3 Å². The molecule has 1 aromatic carbocycles. The molecule has 0 heterocycles. The third-order valence-electron chi connectivity index (χ3n) is 1.88. The highest BCUT2D eigenvalue weighted by atomic mass is 32.1. The third-order valence-corrected chi connectivity index (χ3v) is 2.10. The van der Waals surface area contributed by atoms with Gasteiger partial charge in [0, 0.05) is 17.9 Å². The smallest absolute Gasteiger partial charge is 0.251 e. The Hall–Kier alpha value is -1.49. The fourth-order valence-electron chi connectivity index (χ4n) is 1.11. The number of nitrogens with one attached hydrogen (secondary N) is 2. The number of carbonyl (C=O) groups excluding carboxylic acids is 2. The predicted molar refractivity (Wildman–Crippen MR) is 65.6 cm³/mol. The van der Waals surface area contributed by atoms with Crippen molar-refractivity contribution in [3.63, 3.8) is 0 Å². The van der Waals surface area contributed by atoms with Crippen LogP contribution in [0.4, 0.5) is 0 Å². The van der Waals surface area contributed by atoms with Crippen LogP contribution < -0.4 is 10.6 Å². The molecule has 16 heavy (non-hydrogen) atoms. The van der Waals surface area contributed by atoms with E-state index in [2.05, 4.69) is 23.3 Å². The molecule has 5 heteroatoms. The molecule has 0 aliphatic rings. The zero-order valence-electron chi connectivity index (χ0n) is 8.77. The van der Waals surface area contributed by atoms with Gasteiger partial charge in [-0.05, 0) is 12.1 Å². The fraction of sp³-hybridized carbons (Fsp3) is 0.273. The molecule has 0 fully saturated rings. The Morgan fingerprint density at radius 3 is 2.44 bits per heavy atom. The lowest BCUT2D eigenvalue weighted by Crippen LogP contribution is -2.37. The molecular formula is C11H14N2O2S. The summed E-state index contributed by atoms with van der Waals surface area (Å²) in [7, 11) is 0. The highest BCUT2D eigenvalue weighted by Gasteiger charge is 2.06. The van der Waals surface area contributed by atoms with Gasteiger partial charge in [-0.15, -0.1) is 0 Å². The average molecular weight is 238 g/mol. The summed E-state index contributed by atoms with van der Waals surface area (Å²) in [5, 5.41) is 5.14. The summed E-state index contributed by atoms with van der Waals surface area (Å²) in [6.07, 6.45) is 0. The van der Waals surface area contributed by atoms with Crippen molar-refractivity contribution in [1.29, 1.82) is 0 Å². The van der Waals surface area contributed by atoms with Crippen LogP contribution in [0.3, 0.4) is 0 Å². The van der Waals surface area contributed by atoms with E-state index in [9.17, 15) is 9.59 Å². The predicted octanol–water partition coefficient (Wildman–Crippen LogP) is 0.462. The van der Waals surface area contributed by atoms with E-state index in [1.54, 1.807) is 24.3 Å².